The van der Waals surface area contributed by atoms with Gasteiger partial charge in [-0.3, -0.25) is 9.58 Å². The van der Waals surface area contributed by atoms with Crippen molar-refractivity contribution in [2.24, 2.45) is 5.92 Å². The molecule has 1 aliphatic heterocycles. The van der Waals surface area contributed by atoms with Crippen LogP contribution in [-0.2, 0) is 24.2 Å². The predicted octanol–water partition coefficient (Wildman–Crippen LogP) is 0.761. The van der Waals surface area contributed by atoms with Gasteiger partial charge in [0.25, 0.3) is 0 Å². The van der Waals surface area contributed by atoms with Crippen LogP contribution in [-0.4, -0.2) is 55.6 Å². The molecule has 1 atom stereocenters. The monoisotopic (exact) mass is 306 g/mol. The van der Waals surface area contributed by atoms with Gasteiger partial charge in [0.15, 0.2) is 5.82 Å². The van der Waals surface area contributed by atoms with Gasteiger partial charge >= 0.3 is 0 Å². The molecule has 3 heterocycles. The van der Waals surface area contributed by atoms with E-state index in [1.807, 2.05) is 0 Å². The summed E-state index contributed by atoms with van der Waals surface area (Å²) in [6.07, 6.45) is 4.18. The molecule has 120 valence electrons. The molecule has 3 rings (SSSR count). The van der Waals surface area contributed by atoms with E-state index in [1.165, 1.54) is 6.33 Å². The summed E-state index contributed by atoms with van der Waals surface area (Å²) in [6, 6.07) is 0. The highest BCUT2D eigenvalue weighted by atomic mass is 16.5. The van der Waals surface area contributed by atoms with Gasteiger partial charge in [-0.25, -0.2) is 4.98 Å². The molecule has 0 aliphatic carbocycles. The van der Waals surface area contributed by atoms with Crippen molar-refractivity contribution in [3.63, 3.8) is 0 Å². The standard InChI is InChI=1S/C14H22N6O2/c1-11(2)5-14-17-13(18-22-14)8-19-3-4-21-12(6-19)7-20-10-15-9-16-20/h9-12H,3-8H2,1-2H3/t12-/m0/s1. The lowest BCUT2D eigenvalue weighted by Crippen LogP contribution is -2.43. The predicted molar refractivity (Wildman–Crippen MR) is 77.9 cm³/mol. The van der Waals surface area contributed by atoms with Crippen LogP contribution in [0.2, 0.25) is 0 Å². The van der Waals surface area contributed by atoms with Crippen molar-refractivity contribution in [2.45, 2.75) is 39.5 Å². The fourth-order valence-electron chi connectivity index (χ4n) is 2.56. The lowest BCUT2D eigenvalue weighted by Gasteiger charge is -2.31. The van der Waals surface area contributed by atoms with E-state index in [-0.39, 0.29) is 6.10 Å². The van der Waals surface area contributed by atoms with Crippen molar-refractivity contribution in [2.75, 3.05) is 19.7 Å². The highest BCUT2D eigenvalue weighted by Gasteiger charge is 2.22. The summed E-state index contributed by atoms with van der Waals surface area (Å²) in [5, 5.41) is 8.19. The molecule has 0 bridgehead atoms. The Bertz CT molecular complexity index is 568. The summed E-state index contributed by atoms with van der Waals surface area (Å²) in [4.78, 5) is 10.7. The third-order valence-electron chi connectivity index (χ3n) is 3.54. The number of morpholine rings is 1. The SMILES string of the molecule is CC(C)Cc1nc(CN2CCO[C@H](Cn3cncn3)C2)no1. The normalized spacial score (nSPS) is 19.9. The maximum atomic E-state index is 5.78. The third kappa shape index (κ3) is 4.11. The van der Waals surface area contributed by atoms with Crippen LogP contribution in [0, 0.1) is 5.92 Å². The van der Waals surface area contributed by atoms with Crippen LogP contribution in [0.3, 0.4) is 0 Å². The Morgan fingerprint density at radius 3 is 3.09 bits per heavy atom. The first-order valence-electron chi connectivity index (χ1n) is 7.67. The number of hydrogen-bond acceptors (Lipinski definition) is 7. The van der Waals surface area contributed by atoms with Crippen molar-refractivity contribution in [3.05, 3.63) is 24.4 Å². The Morgan fingerprint density at radius 1 is 1.41 bits per heavy atom. The van der Waals surface area contributed by atoms with Gasteiger partial charge in [0, 0.05) is 19.5 Å². The summed E-state index contributed by atoms with van der Waals surface area (Å²) in [6.45, 7) is 8.09. The Kier molecular flexibility index (Phi) is 4.79. The fraction of sp³-hybridized carbons (Fsp3) is 0.714. The Balaban J connectivity index is 1.52. The van der Waals surface area contributed by atoms with Gasteiger partial charge < -0.3 is 9.26 Å². The van der Waals surface area contributed by atoms with Crippen molar-refractivity contribution in [1.82, 2.24) is 29.8 Å². The van der Waals surface area contributed by atoms with Gasteiger partial charge in [-0.15, -0.1) is 0 Å². The van der Waals surface area contributed by atoms with E-state index in [9.17, 15) is 0 Å². The van der Waals surface area contributed by atoms with Gasteiger partial charge in [0.05, 0.1) is 25.8 Å². The Labute approximate surface area is 129 Å². The van der Waals surface area contributed by atoms with Crippen molar-refractivity contribution >= 4 is 0 Å². The zero-order chi connectivity index (χ0) is 15.4. The zero-order valence-corrected chi connectivity index (χ0v) is 13.1. The van der Waals surface area contributed by atoms with Gasteiger partial charge in [-0.05, 0) is 5.92 Å². The van der Waals surface area contributed by atoms with Crippen LogP contribution in [0.25, 0.3) is 0 Å². The average Bonchev–Trinajstić information content (AvgIpc) is 3.11. The first-order valence-corrected chi connectivity index (χ1v) is 7.67. The Hall–Kier alpha value is -1.80. The van der Waals surface area contributed by atoms with E-state index in [0.717, 1.165) is 31.2 Å². The molecule has 0 unspecified atom stereocenters. The van der Waals surface area contributed by atoms with E-state index < -0.39 is 0 Å². The van der Waals surface area contributed by atoms with E-state index in [0.29, 0.717) is 25.6 Å². The molecule has 0 aromatic carbocycles. The number of rotatable bonds is 6. The molecule has 2 aromatic rings. The molecule has 0 amide bonds. The first-order chi connectivity index (χ1) is 10.7. The number of nitrogens with zero attached hydrogens (tertiary/aromatic N) is 6. The third-order valence-corrected chi connectivity index (χ3v) is 3.54. The molecule has 0 spiro atoms. The lowest BCUT2D eigenvalue weighted by atomic mass is 10.1. The number of ether oxygens (including phenoxy) is 1. The zero-order valence-electron chi connectivity index (χ0n) is 13.1. The van der Waals surface area contributed by atoms with Gasteiger partial charge in [0.1, 0.15) is 12.7 Å². The largest absolute Gasteiger partial charge is 0.374 e. The molecular weight excluding hydrogens is 284 g/mol. The minimum Gasteiger partial charge on any atom is -0.374 e. The van der Waals surface area contributed by atoms with E-state index in [2.05, 4.69) is 39.0 Å². The maximum absolute atomic E-state index is 5.78. The van der Waals surface area contributed by atoms with Crippen LogP contribution < -0.4 is 0 Å². The highest BCUT2D eigenvalue weighted by molar-refractivity contribution is 4.88. The number of aromatic nitrogens is 5. The molecule has 2 aromatic heterocycles. The van der Waals surface area contributed by atoms with Crippen molar-refractivity contribution in [3.8, 4) is 0 Å². The van der Waals surface area contributed by atoms with Gasteiger partial charge in [-0.1, -0.05) is 19.0 Å². The second-order valence-electron chi connectivity index (χ2n) is 6.05. The van der Waals surface area contributed by atoms with E-state index in [1.54, 1.807) is 11.0 Å². The van der Waals surface area contributed by atoms with Gasteiger partial charge in [-0.2, -0.15) is 10.1 Å². The smallest absolute Gasteiger partial charge is 0.226 e. The minimum atomic E-state index is 0.109. The summed E-state index contributed by atoms with van der Waals surface area (Å²) >= 11 is 0. The van der Waals surface area contributed by atoms with E-state index in [4.69, 9.17) is 9.26 Å². The molecule has 22 heavy (non-hydrogen) atoms. The van der Waals surface area contributed by atoms with Crippen LogP contribution >= 0.6 is 0 Å². The molecular formula is C14H22N6O2. The lowest BCUT2D eigenvalue weighted by molar-refractivity contribution is -0.0411. The second-order valence-corrected chi connectivity index (χ2v) is 6.05. The molecule has 1 aliphatic rings. The molecule has 0 radical (unpaired) electrons. The minimum absolute atomic E-state index is 0.109. The molecule has 1 saturated heterocycles. The van der Waals surface area contributed by atoms with Crippen LogP contribution in [0.15, 0.2) is 17.2 Å². The summed E-state index contributed by atoms with van der Waals surface area (Å²) in [5.41, 5.74) is 0. The van der Waals surface area contributed by atoms with Crippen LogP contribution in [0.4, 0.5) is 0 Å². The molecule has 8 heteroatoms. The number of hydrogen-bond donors (Lipinski definition) is 0. The van der Waals surface area contributed by atoms with Crippen molar-refractivity contribution in [1.29, 1.82) is 0 Å². The second kappa shape index (κ2) is 6.97. The quantitative estimate of drug-likeness (QED) is 0.779. The molecule has 1 fully saturated rings. The molecule has 8 nitrogen and oxygen atoms in total. The summed E-state index contributed by atoms with van der Waals surface area (Å²) in [5.74, 6) is 1.98. The highest BCUT2D eigenvalue weighted by Crippen LogP contribution is 2.11. The summed E-state index contributed by atoms with van der Waals surface area (Å²) < 4.78 is 12.9. The fourth-order valence-corrected chi connectivity index (χ4v) is 2.56. The first kappa shape index (κ1) is 15.1. The van der Waals surface area contributed by atoms with E-state index >= 15 is 0 Å². The molecule has 0 N–H and O–H groups in total. The maximum Gasteiger partial charge on any atom is 0.226 e. The van der Waals surface area contributed by atoms with Gasteiger partial charge in [0.2, 0.25) is 5.89 Å². The Morgan fingerprint density at radius 2 is 2.32 bits per heavy atom. The summed E-state index contributed by atoms with van der Waals surface area (Å²) in [7, 11) is 0. The average molecular weight is 306 g/mol. The molecule has 0 saturated carbocycles. The van der Waals surface area contributed by atoms with Crippen molar-refractivity contribution < 1.29 is 9.26 Å². The van der Waals surface area contributed by atoms with Crippen LogP contribution in [0.1, 0.15) is 25.6 Å². The van der Waals surface area contributed by atoms with Crippen LogP contribution in [0.5, 0.6) is 0 Å². The topological polar surface area (TPSA) is 82.1 Å².